The molecule has 0 fully saturated rings. The third kappa shape index (κ3) is 4.99. The first-order valence-corrected chi connectivity index (χ1v) is 7.91. The van der Waals surface area contributed by atoms with Crippen molar-refractivity contribution in [3.8, 4) is 5.75 Å². The fraction of sp³-hybridized carbons (Fsp3) is 0.222. The monoisotopic (exact) mass is 346 g/mol. The van der Waals surface area contributed by atoms with Gasteiger partial charge in [0.15, 0.2) is 0 Å². The van der Waals surface area contributed by atoms with E-state index in [0.717, 1.165) is 0 Å². The zero-order valence-electron chi connectivity index (χ0n) is 13.6. The number of carbonyl (C=O) groups is 2. The van der Waals surface area contributed by atoms with Crippen LogP contribution in [0.4, 0.5) is 5.69 Å². The van der Waals surface area contributed by atoms with E-state index >= 15 is 0 Å². The van der Waals surface area contributed by atoms with Crippen molar-refractivity contribution < 1.29 is 14.3 Å². The quantitative estimate of drug-likeness (QED) is 0.871. The van der Waals surface area contributed by atoms with E-state index in [1.165, 1.54) is 4.90 Å². The Balaban J connectivity index is 1.92. The number of hydrogen-bond donors (Lipinski definition) is 1. The smallest absolute Gasteiger partial charge is 0.254 e. The number of amides is 2. The summed E-state index contributed by atoms with van der Waals surface area (Å²) >= 11 is 5.80. The number of halogens is 1. The number of ether oxygens (including phenoxy) is 1. The molecule has 0 aliphatic heterocycles. The number of anilines is 1. The zero-order chi connectivity index (χ0) is 17.5. The Kier molecular flexibility index (Phi) is 6.21. The molecule has 0 aliphatic carbocycles. The molecule has 0 radical (unpaired) electrons. The lowest BCUT2D eigenvalue weighted by Gasteiger charge is -2.17. The SMILES string of the molecule is CCOc1ccc(C(=O)N(C)CC(=O)Nc2ccc(Cl)cc2)cc1. The molecular weight excluding hydrogens is 328 g/mol. The maximum Gasteiger partial charge on any atom is 0.254 e. The number of nitrogens with one attached hydrogen (secondary N) is 1. The Morgan fingerprint density at radius 2 is 1.71 bits per heavy atom. The summed E-state index contributed by atoms with van der Waals surface area (Å²) in [7, 11) is 1.58. The van der Waals surface area contributed by atoms with Gasteiger partial charge in [0, 0.05) is 23.3 Å². The van der Waals surface area contributed by atoms with Crippen LogP contribution in [-0.4, -0.2) is 36.9 Å². The highest BCUT2D eigenvalue weighted by Crippen LogP contribution is 2.15. The lowest BCUT2D eigenvalue weighted by molar-refractivity contribution is -0.116. The molecule has 1 N–H and O–H groups in total. The van der Waals surface area contributed by atoms with Crippen LogP contribution in [0, 0.1) is 0 Å². The Morgan fingerprint density at radius 3 is 2.29 bits per heavy atom. The molecule has 0 aliphatic rings. The average molecular weight is 347 g/mol. The van der Waals surface area contributed by atoms with Crippen molar-refractivity contribution in [2.24, 2.45) is 0 Å². The van der Waals surface area contributed by atoms with E-state index < -0.39 is 0 Å². The first kappa shape index (κ1) is 17.8. The number of hydrogen-bond acceptors (Lipinski definition) is 3. The summed E-state index contributed by atoms with van der Waals surface area (Å²) < 4.78 is 5.34. The van der Waals surface area contributed by atoms with Crippen molar-refractivity contribution in [1.82, 2.24) is 4.90 Å². The van der Waals surface area contributed by atoms with Crippen LogP contribution in [0.2, 0.25) is 5.02 Å². The van der Waals surface area contributed by atoms with Gasteiger partial charge in [-0.15, -0.1) is 0 Å². The van der Waals surface area contributed by atoms with Gasteiger partial charge in [-0.25, -0.2) is 0 Å². The Bertz CT molecular complexity index is 699. The molecule has 0 heterocycles. The highest BCUT2D eigenvalue weighted by Gasteiger charge is 2.15. The van der Waals surface area contributed by atoms with Gasteiger partial charge in [-0.3, -0.25) is 9.59 Å². The van der Waals surface area contributed by atoms with Crippen molar-refractivity contribution in [3.05, 3.63) is 59.1 Å². The molecule has 5 nitrogen and oxygen atoms in total. The van der Waals surface area contributed by atoms with Crippen LogP contribution >= 0.6 is 11.6 Å². The van der Waals surface area contributed by atoms with Crippen LogP contribution in [0.3, 0.4) is 0 Å². The van der Waals surface area contributed by atoms with Crippen LogP contribution < -0.4 is 10.1 Å². The molecule has 0 atom stereocenters. The van der Waals surface area contributed by atoms with Gasteiger partial charge >= 0.3 is 0 Å². The average Bonchev–Trinajstić information content (AvgIpc) is 2.57. The van der Waals surface area contributed by atoms with Crippen LogP contribution in [0.1, 0.15) is 17.3 Å². The van der Waals surface area contributed by atoms with E-state index in [1.54, 1.807) is 55.6 Å². The highest BCUT2D eigenvalue weighted by molar-refractivity contribution is 6.30. The summed E-state index contributed by atoms with van der Waals surface area (Å²) in [6.07, 6.45) is 0. The third-order valence-electron chi connectivity index (χ3n) is 3.27. The van der Waals surface area contributed by atoms with Crippen molar-refractivity contribution in [3.63, 3.8) is 0 Å². The number of carbonyl (C=O) groups excluding carboxylic acids is 2. The Labute approximate surface area is 146 Å². The molecule has 6 heteroatoms. The summed E-state index contributed by atoms with van der Waals surface area (Å²) in [4.78, 5) is 25.7. The number of rotatable bonds is 6. The predicted molar refractivity (Wildman–Crippen MR) is 94.7 cm³/mol. The standard InChI is InChI=1S/C18H19ClN2O3/c1-3-24-16-10-4-13(5-11-16)18(23)21(2)12-17(22)20-15-8-6-14(19)7-9-15/h4-11H,3,12H2,1-2H3,(H,20,22). The number of benzene rings is 2. The van der Waals surface area contributed by atoms with Gasteiger partial charge in [-0.2, -0.15) is 0 Å². The normalized spacial score (nSPS) is 10.1. The minimum Gasteiger partial charge on any atom is -0.494 e. The molecule has 2 aromatic rings. The van der Waals surface area contributed by atoms with Crippen molar-refractivity contribution in [1.29, 1.82) is 0 Å². The largest absolute Gasteiger partial charge is 0.494 e. The summed E-state index contributed by atoms with van der Waals surface area (Å²) in [6, 6.07) is 13.6. The van der Waals surface area contributed by atoms with Gasteiger partial charge in [0.1, 0.15) is 5.75 Å². The van der Waals surface area contributed by atoms with Crippen LogP contribution in [-0.2, 0) is 4.79 Å². The van der Waals surface area contributed by atoms with E-state index in [-0.39, 0.29) is 18.4 Å². The molecule has 0 saturated heterocycles. The van der Waals surface area contributed by atoms with E-state index in [2.05, 4.69) is 5.32 Å². The zero-order valence-corrected chi connectivity index (χ0v) is 14.3. The second-order valence-corrected chi connectivity index (χ2v) is 5.61. The first-order valence-electron chi connectivity index (χ1n) is 7.53. The molecule has 0 spiro atoms. The second kappa shape index (κ2) is 8.36. The maximum absolute atomic E-state index is 12.3. The van der Waals surface area contributed by atoms with E-state index in [4.69, 9.17) is 16.3 Å². The molecule has 0 aromatic heterocycles. The van der Waals surface area contributed by atoms with Gasteiger partial charge in [0.2, 0.25) is 5.91 Å². The number of nitrogens with zero attached hydrogens (tertiary/aromatic N) is 1. The maximum atomic E-state index is 12.3. The minimum absolute atomic E-state index is 0.0470. The van der Waals surface area contributed by atoms with Gasteiger partial charge < -0.3 is 15.0 Å². The summed E-state index contributed by atoms with van der Waals surface area (Å²) in [5, 5.41) is 3.31. The third-order valence-corrected chi connectivity index (χ3v) is 3.52. The van der Waals surface area contributed by atoms with Crippen LogP contribution in [0.15, 0.2) is 48.5 Å². The molecule has 24 heavy (non-hydrogen) atoms. The molecule has 0 bridgehead atoms. The summed E-state index contributed by atoms with van der Waals surface area (Å²) in [5.41, 5.74) is 1.13. The molecule has 0 unspecified atom stereocenters. The predicted octanol–water partition coefficient (Wildman–Crippen LogP) is 3.45. The van der Waals surface area contributed by atoms with Crippen molar-refractivity contribution in [2.75, 3.05) is 25.5 Å². The molecular formula is C18H19ClN2O3. The van der Waals surface area contributed by atoms with Crippen molar-refractivity contribution in [2.45, 2.75) is 6.92 Å². The highest BCUT2D eigenvalue weighted by atomic mass is 35.5. The molecule has 2 amide bonds. The molecule has 2 rings (SSSR count). The lowest BCUT2D eigenvalue weighted by Crippen LogP contribution is -2.34. The topological polar surface area (TPSA) is 58.6 Å². The van der Waals surface area contributed by atoms with Gasteiger partial charge in [-0.05, 0) is 55.5 Å². The molecule has 2 aromatic carbocycles. The first-order chi connectivity index (χ1) is 11.5. The van der Waals surface area contributed by atoms with Crippen molar-refractivity contribution >= 4 is 29.1 Å². The molecule has 0 saturated carbocycles. The minimum atomic E-state index is -0.279. The van der Waals surface area contributed by atoms with E-state index in [1.807, 2.05) is 6.92 Å². The molecule has 126 valence electrons. The fourth-order valence-corrected chi connectivity index (χ4v) is 2.23. The second-order valence-electron chi connectivity index (χ2n) is 5.17. The summed E-state index contributed by atoms with van der Waals surface area (Å²) in [5.74, 6) is 0.195. The fourth-order valence-electron chi connectivity index (χ4n) is 2.10. The van der Waals surface area contributed by atoms with E-state index in [0.29, 0.717) is 28.6 Å². The van der Waals surface area contributed by atoms with Gasteiger partial charge in [0.05, 0.1) is 13.2 Å². The van der Waals surface area contributed by atoms with Crippen LogP contribution in [0.25, 0.3) is 0 Å². The number of likely N-dealkylation sites (N-methyl/N-ethyl adjacent to an activating group) is 1. The Hall–Kier alpha value is -2.53. The summed E-state index contributed by atoms with van der Waals surface area (Å²) in [6.45, 7) is 2.42. The van der Waals surface area contributed by atoms with Gasteiger partial charge in [0.25, 0.3) is 5.91 Å². The lowest BCUT2D eigenvalue weighted by atomic mass is 10.2. The Morgan fingerprint density at radius 1 is 1.08 bits per heavy atom. The van der Waals surface area contributed by atoms with Gasteiger partial charge in [-0.1, -0.05) is 11.6 Å². The van der Waals surface area contributed by atoms with E-state index in [9.17, 15) is 9.59 Å². The van der Waals surface area contributed by atoms with Crippen LogP contribution in [0.5, 0.6) is 5.75 Å².